The number of imidazole rings is 1. The van der Waals surface area contributed by atoms with Gasteiger partial charge in [-0.25, -0.2) is 10.4 Å². The molecule has 2 atom stereocenters. The van der Waals surface area contributed by atoms with E-state index in [2.05, 4.69) is 41.6 Å². The molecule has 3 N–H and O–H groups in total. The number of anilines is 1. The van der Waals surface area contributed by atoms with Crippen molar-refractivity contribution in [1.82, 2.24) is 15.0 Å². The van der Waals surface area contributed by atoms with E-state index in [1.165, 1.54) is 6.42 Å². The molecule has 1 aromatic carbocycles. The first-order valence-corrected chi connectivity index (χ1v) is 10.0. The van der Waals surface area contributed by atoms with Crippen LogP contribution >= 0.6 is 0 Å². The van der Waals surface area contributed by atoms with Gasteiger partial charge in [-0.15, -0.1) is 0 Å². The van der Waals surface area contributed by atoms with Crippen LogP contribution in [0.15, 0.2) is 29.4 Å². The number of amides is 1. The zero-order valence-electron chi connectivity index (χ0n) is 16.8. The zero-order valence-corrected chi connectivity index (χ0v) is 16.8. The summed E-state index contributed by atoms with van der Waals surface area (Å²) in [4.78, 5) is 17.2. The lowest BCUT2D eigenvalue weighted by Gasteiger charge is -2.34. The van der Waals surface area contributed by atoms with E-state index in [-0.39, 0.29) is 29.9 Å². The van der Waals surface area contributed by atoms with Crippen LogP contribution < -0.4 is 10.7 Å². The maximum absolute atomic E-state index is 12.7. The van der Waals surface area contributed by atoms with Gasteiger partial charge in [0, 0.05) is 17.7 Å². The number of aromatic nitrogens is 2. The molecule has 28 heavy (non-hydrogen) atoms. The summed E-state index contributed by atoms with van der Waals surface area (Å²) < 4.78 is 1.83. The number of hydrogen-bond donors (Lipinski definition) is 3. The fraction of sp³-hybridized carbons (Fsp3) is 0.571. The number of aliphatic hydroxyl groups excluding tert-OH is 1. The Kier molecular flexibility index (Phi) is 4.65. The Balaban J connectivity index is 1.52. The highest BCUT2D eigenvalue weighted by atomic mass is 16.3. The van der Waals surface area contributed by atoms with Gasteiger partial charge in [0.1, 0.15) is 6.54 Å². The third-order valence-electron chi connectivity index (χ3n) is 7.18. The third kappa shape index (κ3) is 2.89. The van der Waals surface area contributed by atoms with Crippen LogP contribution in [0, 0.1) is 16.7 Å². The number of fused-ring (bicyclic) bond motifs is 3. The van der Waals surface area contributed by atoms with E-state index in [0.717, 1.165) is 29.6 Å². The fourth-order valence-electron chi connectivity index (χ4n) is 4.94. The standard InChI is InChI=1S/C21H29N5O2/c1-20(2)14-8-9-21(20,3)17(12-14)24-25-18(28)13-26-16-7-5-4-6-15(16)23-19(26)22-10-11-27/h4-7,14,27H,8-13H2,1-3H3,(H,22,23)(H,25,28)/b24-17-. The first kappa shape index (κ1) is 18.9. The van der Waals surface area contributed by atoms with Gasteiger partial charge in [0.15, 0.2) is 0 Å². The molecule has 1 aromatic heterocycles. The second kappa shape index (κ2) is 6.88. The molecule has 150 valence electrons. The predicted molar refractivity (Wildman–Crippen MR) is 110 cm³/mol. The minimum atomic E-state index is -0.174. The molecule has 0 spiro atoms. The first-order valence-electron chi connectivity index (χ1n) is 10.0. The van der Waals surface area contributed by atoms with Crippen LogP contribution in [0.1, 0.15) is 40.0 Å². The molecular weight excluding hydrogens is 354 g/mol. The van der Waals surface area contributed by atoms with E-state index < -0.39 is 0 Å². The Labute approximate surface area is 165 Å². The lowest BCUT2D eigenvalue weighted by molar-refractivity contribution is -0.121. The molecule has 7 nitrogen and oxygen atoms in total. The summed E-state index contributed by atoms with van der Waals surface area (Å²) in [6, 6.07) is 7.68. The summed E-state index contributed by atoms with van der Waals surface area (Å²) in [5.41, 5.74) is 5.89. The van der Waals surface area contributed by atoms with Gasteiger partial charge in [0.05, 0.1) is 17.6 Å². The number of carbonyl (C=O) groups is 1. The molecule has 0 aliphatic heterocycles. The molecule has 1 heterocycles. The van der Waals surface area contributed by atoms with Crippen LogP contribution in [0.5, 0.6) is 0 Å². The molecule has 1 amide bonds. The van der Waals surface area contributed by atoms with Gasteiger partial charge >= 0.3 is 0 Å². The third-order valence-corrected chi connectivity index (χ3v) is 7.18. The van der Waals surface area contributed by atoms with E-state index in [1.807, 2.05) is 28.8 Å². The molecule has 2 saturated carbocycles. The first-order chi connectivity index (χ1) is 13.4. The Hall–Kier alpha value is -2.41. The second-order valence-corrected chi connectivity index (χ2v) is 8.75. The van der Waals surface area contributed by atoms with Crippen molar-refractivity contribution < 1.29 is 9.90 Å². The number of nitrogens with zero attached hydrogens (tertiary/aromatic N) is 3. The Morgan fingerprint density at radius 1 is 1.36 bits per heavy atom. The smallest absolute Gasteiger partial charge is 0.260 e. The molecular formula is C21H29N5O2. The number of aliphatic hydroxyl groups is 1. The van der Waals surface area contributed by atoms with Gasteiger partial charge < -0.3 is 15.0 Å². The van der Waals surface area contributed by atoms with E-state index in [0.29, 0.717) is 18.4 Å². The quantitative estimate of drug-likeness (QED) is 0.669. The van der Waals surface area contributed by atoms with Crippen LogP contribution in [0.25, 0.3) is 11.0 Å². The lowest BCUT2D eigenvalue weighted by Crippen LogP contribution is -2.34. The van der Waals surface area contributed by atoms with Crippen molar-refractivity contribution in [3.8, 4) is 0 Å². The van der Waals surface area contributed by atoms with Gasteiger partial charge in [-0.1, -0.05) is 32.9 Å². The molecule has 4 rings (SSSR count). The molecule has 0 radical (unpaired) electrons. The van der Waals surface area contributed by atoms with E-state index in [4.69, 9.17) is 5.11 Å². The number of carbonyl (C=O) groups excluding carboxylic acids is 1. The monoisotopic (exact) mass is 383 g/mol. The van der Waals surface area contributed by atoms with Crippen molar-refractivity contribution in [2.24, 2.45) is 21.8 Å². The molecule has 2 aromatic rings. The van der Waals surface area contributed by atoms with Crippen LogP contribution in [0.2, 0.25) is 0 Å². The van der Waals surface area contributed by atoms with Gasteiger partial charge in [-0.05, 0) is 42.7 Å². The van der Waals surface area contributed by atoms with Crippen molar-refractivity contribution in [3.05, 3.63) is 24.3 Å². The van der Waals surface area contributed by atoms with Gasteiger partial charge in [-0.2, -0.15) is 5.10 Å². The highest BCUT2D eigenvalue weighted by molar-refractivity contribution is 5.95. The average Bonchev–Trinajstić information content (AvgIpc) is 3.20. The summed E-state index contributed by atoms with van der Waals surface area (Å²) in [5, 5.41) is 16.7. The SMILES string of the molecule is CC12CCC(C/C1=N/NC(=O)Cn1c(NCCO)nc3ccccc31)C2(C)C. The van der Waals surface area contributed by atoms with Crippen LogP contribution in [0.3, 0.4) is 0 Å². The minimum absolute atomic E-state index is 0.00140. The minimum Gasteiger partial charge on any atom is -0.395 e. The van der Waals surface area contributed by atoms with Crippen LogP contribution in [-0.4, -0.2) is 39.4 Å². The highest BCUT2D eigenvalue weighted by Gasteiger charge is 2.60. The summed E-state index contributed by atoms with van der Waals surface area (Å²) in [5.74, 6) is 1.05. The normalized spacial score (nSPS) is 26.9. The molecule has 7 heteroatoms. The van der Waals surface area contributed by atoms with Crippen molar-refractivity contribution in [1.29, 1.82) is 0 Å². The number of rotatable bonds is 6. The summed E-state index contributed by atoms with van der Waals surface area (Å²) in [6.45, 7) is 7.43. The topological polar surface area (TPSA) is 91.5 Å². The largest absolute Gasteiger partial charge is 0.395 e. The van der Waals surface area contributed by atoms with Gasteiger partial charge in [0.25, 0.3) is 5.91 Å². The Morgan fingerprint density at radius 2 is 2.14 bits per heavy atom. The Bertz CT molecular complexity index is 932. The number of hydrogen-bond acceptors (Lipinski definition) is 5. The molecule has 2 bridgehead atoms. The number of para-hydroxylation sites is 2. The number of nitrogens with one attached hydrogen (secondary N) is 2. The molecule has 2 unspecified atom stereocenters. The van der Waals surface area contributed by atoms with Crippen LogP contribution in [-0.2, 0) is 11.3 Å². The van der Waals surface area contributed by atoms with Gasteiger partial charge in [-0.3, -0.25) is 4.79 Å². The van der Waals surface area contributed by atoms with Crippen molar-refractivity contribution >= 4 is 28.6 Å². The van der Waals surface area contributed by atoms with Crippen molar-refractivity contribution in [2.75, 3.05) is 18.5 Å². The zero-order chi connectivity index (χ0) is 19.9. The van der Waals surface area contributed by atoms with Crippen LogP contribution in [0.4, 0.5) is 5.95 Å². The summed E-state index contributed by atoms with van der Waals surface area (Å²) >= 11 is 0. The molecule has 2 aliphatic carbocycles. The summed E-state index contributed by atoms with van der Waals surface area (Å²) in [6.07, 6.45) is 3.36. The second-order valence-electron chi connectivity index (χ2n) is 8.75. The summed E-state index contributed by atoms with van der Waals surface area (Å²) in [7, 11) is 0. The number of hydrazone groups is 1. The molecule has 2 aliphatic rings. The van der Waals surface area contributed by atoms with Gasteiger partial charge in [0.2, 0.25) is 5.95 Å². The molecule has 2 fully saturated rings. The maximum atomic E-state index is 12.7. The maximum Gasteiger partial charge on any atom is 0.260 e. The van der Waals surface area contributed by atoms with Crippen molar-refractivity contribution in [3.63, 3.8) is 0 Å². The van der Waals surface area contributed by atoms with E-state index in [1.54, 1.807) is 0 Å². The highest BCUT2D eigenvalue weighted by Crippen LogP contribution is 2.63. The molecule has 0 saturated heterocycles. The van der Waals surface area contributed by atoms with Crippen molar-refractivity contribution in [2.45, 2.75) is 46.6 Å². The predicted octanol–water partition coefficient (Wildman–Crippen LogP) is 2.76. The number of benzene rings is 1. The van der Waals surface area contributed by atoms with E-state index in [9.17, 15) is 4.79 Å². The Morgan fingerprint density at radius 3 is 2.82 bits per heavy atom. The average molecular weight is 383 g/mol. The fourth-order valence-corrected chi connectivity index (χ4v) is 4.94. The lowest BCUT2D eigenvalue weighted by atomic mass is 9.70. The van der Waals surface area contributed by atoms with E-state index >= 15 is 0 Å².